The molecule has 268 valence electrons. The summed E-state index contributed by atoms with van der Waals surface area (Å²) in [5, 5.41) is 2.53. The van der Waals surface area contributed by atoms with Crippen LogP contribution in [0.4, 0.5) is 0 Å². The molecule has 0 radical (unpaired) electrons. The molecule has 0 aliphatic heterocycles. The highest BCUT2D eigenvalue weighted by Crippen LogP contribution is 2.56. The van der Waals surface area contributed by atoms with Crippen LogP contribution in [0.5, 0.6) is 0 Å². The number of hydrogen-bond acceptors (Lipinski definition) is 0. The van der Waals surface area contributed by atoms with Crippen LogP contribution >= 0.6 is 0 Å². The number of aromatic nitrogens is 1. The maximum Gasteiger partial charge on any atom is 0.0713 e. The molecule has 0 amide bonds. The molecule has 0 saturated heterocycles. The molecule has 0 fully saturated rings. The van der Waals surface area contributed by atoms with Gasteiger partial charge in [0.05, 0.1) is 16.4 Å². The standard InChI is InChI=1S/C56H39N/c1-5-17-40(18-6-1)55(41-31-29-39(30-32-41)42-34-36-54-50(37-42)49-26-14-16-28-53(49)57(54)46-23-11-4-12-24-46)43-33-35-48-47-25-13-15-27-51(47)56(52(48)38-43,44-19-7-2-8-20-44)45-21-9-3-10-22-45/h1-38,55H. The molecular formula is C56H39N. The lowest BCUT2D eigenvalue weighted by molar-refractivity contribution is 0.765. The normalized spacial score (nSPS) is 13.3. The van der Waals surface area contributed by atoms with Gasteiger partial charge < -0.3 is 4.57 Å². The molecule has 0 spiro atoms. The van der Waals surface area contributed by atoms with Crippen LogP contribution < -0.4 is 0 Å². The van der Waals surface area contributed by atoms with Crippen LogP contribution in [0.25, 0.3) is 49.7 Å². The van der Waals surface area contributed by atoms with Crippen molar-refractivity contribution in [2.75, 3.05) is 0 Å². The number of nitrogens with zero attached hydrogens (tertiary/aromatic N) is 1. The van der Waals surface area contributed by atoms with Crippen molar-refractivity contribution in [2.45, 2.75) is 11.3 Å². The Morgan fingerprint density at radius 1 is 0.333 bits per heavy atom. The number of para-hydroxylation sites is 2. The van der Waals surface area contributed by atoms with Crippen molar-refractivity contribution < 1.29 is 0 Å². The molecule has 9 aromatic carbocycles. The number of rotatable bonds is 7. The van der Waals surface area contributed by atoms with Gasteiger partial charge in [0.1, 0.15) is 0 Å². The first-order valence-corrected chi connectivity index (χ1v) is 19.9. The van der Waals surface area contributed by atoms with Crippen molar-refractivity contribution in [1.29, 1.82) is 0 Å². The van der Waals surface area contributed by atoms with Gasteiger partial charge in [-0.3, -0.25) is 0 Å². The highest BCUT2D eigenvalue weighted by atomic mass is 15.0. The number of benzene rings is 9. The Bertz CT molecular complexity index is 2990. The fourth-order valence-corrected chi connectivity index (χ4v) is 9.74. The van der Waals surface area contributed by atoms with E-state index < -0.39 is 5.41 Å². The molecular weight excluding hydrogens is 687 g/mol. The van der Waals surface area contributed by atoms with Gasteiger partial charge in [-0.25, -0.2) is 0 Å². The summed E-state index contributed by atoms with van der Waals surface area (Å²) in [4.78, 5) is 0. The van der Waals surface area contributed by atoms with Gasteiger partial charge in [-0.05, 0) is 91.5 Å². The van der Waals surface area contributed by atoms with E-state index in [1.54, 1.807) is 0 Å². The third-order valence-electron chi connectivity index (χ3n) is 12.2. The molecule has 1 atom stereocenters. The van der Waals surface area contributed by atoms with E-state index in [0.29, 0.717) is 0 Å². The second kappa shape index (κ2) is 13.5. The van der Waals surface area contributed by atoms with Gasteiger partial charge in [0.2, 0.25) is 0 Å². The summed E-state index contributed by atoms with van der Waals surface area (Å²) in [5.41, 5.74) is 17.2. The Morgan fingerprint density at radius 3 is 1.58 bits per heavy atom. The van der Waals surface area contributed by atoms with Crippen molar-refractivity contribution in [1.82, 2.24) is 4.57 Å². The fraction of sp³-hybridized carbons (Fsp3) is 0.0357. The molecule has 1 heteroatoms. The van der Waals surface area contributed by atoms with Gasteiger partial charge in [0.15, 0.2) is 0 Å². The fourth-order valence-electron chi connectivity index (χ4n) is 9.74. The zero-order chi connectivity index (χ0) is 37.8. The lowest BCUT2D eigenvalue weighted by atomic mass is 9.67. The van der Waals surface area contributed by atoms with Crippen molar-refractivity contribution in [2.24, 2.45) is 0 Å². The Labute approximate surface area is 333 Å². The predicted octanol–water partition coefficient (Wildman–Crippen LogP) is 14.0. The molecule has 10 aromatic rings. The maximum atomic E-state index is 2.51. The monoisotopic (exact) mass is 725 g/mol. The summed E-state index contributed by atoms with van der Waals surface area (Å²) in [6.07, 6.45) is 0. The molecule has 1 aromatic heterocycles. The average Bonchev–Trinajstić information content (AvgIpc) is 3.78. The highest BCUT2D eigenvalue weighted by Gasteiger charge is 2.46. The van der Waals surface area contributed by atoms with E-state index in [1.807, 2.05) is 0 Å². The third-order valence-corrected chi connectivity index (χ3v) is 12.2. The van der Waals surface area contributed by atoms with Gasteiger partial charge in [-0.2, -0.15) is 0 Å². The average molecular weight is 726 g/mol. The van der Waals surface area contributed by atoms with Crippen LogP contribution in [0.1, 0.15) is 44.9 Å². The van der Waals surface area contributed by atoms with E-state index in [2.05, 4.69) is 235 Å². The van der Waals surface area contributed by atoms with Gasteiger partial charge in [-0.1, -0.05) is 200 Å². The van der Waals surface area contributed by atoms with E-state index in [0.717, 1.165) is 0 Å². The minimum absolute atomic E-state index is 0.0461. The summed E-state index contributed by atoms with van der Waals surface area (Å²) >= 11 is 0. The van der Waals surface area contributed by atoms with Gasteiger partial charge in [0.25, 0.3) is 0 Å². The summed E-state index contributed by atoms with van der Waals surface area (Å²) < 4.78 is 2.38. The molecule has 1 aliphatic rings. The Balaban J connectivity index is 1.05. The SMILES string of the molecule is c1ccc(C(c2ccc(-c3ccc4c(c3)c3ccccc3n4-c3ccccc3)cc2)c2ccc3c(c2)C(c2ccccc2)(c2ccccc2)c2ccccc2-3)cc1. The van der Waals surface area contributed by atoms with Crippen LogP contribution in [0.2, 0.25) is 0 Å². The number of fused-ring (bicyclic) bond motifs is 6. The van der Waals surface area contributed by atoms with Gasteiger partial charge >= 0.3 is 0 Å². The summed E-state index contributed by atoms with van der Waals surface area (Å²) in [7, 11) is 0. The van der Waals surface area contributed by atoms with Crippen LogP contribution in [-0.2, 0) is 5.41 Å². The molecule has 11 rings (SSSR count). The maximum absolute atomic E-state index is 2.51. The summed E-state index contributed by atoms with van der Waals surface area (Å²) in [5.74, 6) is 0.0461. The third kappa shape index (κ3) is 5.24. The van der Waals surface area contributed by atoms with Crippen LogP contribution in [0.15, 0.2) is 231 Å². The van der Waals surface area contributed by atoms with Gasteiger partial charge in [0, 0.05) is 22.4 Å². The van der Waals surface area contributed by atoms with Crippen molar-refractivity contribution in [3.05, 3.63) is 269 Å². The number of hydrogen-bond donors (Lipinski definition) is 0. The smallest absolute Gasteiger partial charge is 0.0713 e. The summed E-state index contributed by atoms with van der Waals surface area (Å²) in [6.45, 7) is 0. The quantitative estimate of drug-likeness (QED) is 0.144. The topological polar surface area (TPSA) is 4.93 Å². The second-order valence-corrected chi connectivity index (χ2v) is 15.2. The van der Waals surface area contributed by atoms with Crippen molar-refractivity contribution in [3.8, 4) is 27.9 Å². The molecule has 0 bridgehead atoms. The molecule has 57 heavy (non-hydrogen) atoms. The van der Waals surface area contributed by atoms with E-state index >= 15 is 0 Å². The van der Waals surface area contributed by atoms with E-state index in [-0.39, 0.29) is 5.92 Å². The predicted molar refractivity (Wildman–Crippen MR) is 237 cm³/mol. The Hall–Kier alpha value is -7.22. The lowest BCUT2D eigenvalue weighted by Gasteiger charge is -2.34. The molecule has 0 saturated carbocycles. The van der Waals surface area contributed by atoms with Crippen LogP contribution in [0.3, 0.4) is 0 Å². The first-order chi connectivity index (χ1) is 28.3. The largest absolute Gasteiger partial charge is 0.309 e. The summed E-state index contributed by atoms with van der Waals surface area (Å²) in [6, 6.07) is 85.1. The molecule has 1 nitrogen and oxygen atoms in total. The van der Waals surface area contributed by atoms with Gasteiger partial charge in [-0.15, -0.1) is 0 Å². The molecule has 1 aliphatic carbocycles. The molecule has 1 unspecified atom stereocenters. The molecule has 0 N–H and O–H groups in total. The zero-order valence-electron chi connectivity index (χ0n) is 31.5. The van der Waals surface area contributed by atoms with E-state index in [4.69, 9.17) is 0 Å². The Morgan fingerprint density at radius 2 is 0.860 bits per heavy atom. The minimum Gasteiger partial charge on any atom is -0.309 e. The van der Waals surface area contributed by atoms with Crippen molar-refractivity contribution >= 4 is 21.8 Å². The first kappa shape index (κ1) is 33.1. The highest BCUT2D eigenvalue weighted by molar-refractivity contribution is 6.10. The van der Waals surface area contributed by atoms with Crippen LogP contribution in [0, 0.1) is 0 Å². The lowest BCUT2D eigenvalue weighted by Crippen LogP contribution is -2.28. The van der Waals surface area contributed by atoms with Crippen LogP contribution in [-0.4, -0.2) is 4.57 Å². The van der Waals surface area contributed by atoms with E-state index in [1.165, 1.54) is 88.7 Å². The molecule has 1 heterocycles. The second-order valence-electron chi connectivity index (χ2n) is 15.2. The van der Waals surface area contributed by atoms with Crippen molar-refractivity contribution in [3.63, 3.8) is 0 Å². The Kier molecular flexibility index (Phi) is 7.86. The van der Waals surface area contributed by atoms with E-state index in [9.17, 15) is 0 Å². The minimum atomic E-state index is -0.447. The first-order valence-electron chi connectivity index (χ1n) is 19.9. The zero-order valence-corrected chi connectivity index (χ0v) is 31.5.